The largest absolute Gasteiger partial charge is 0.475 e. The zero-order valence-corrected chi connectivity index (χ0v) is 9.90. The molecule has 0 bridgehead atoms. The molecule has 1 aliphatic rings. The van der Waals surface area contributed by atoms with Crippen LogP contribution in [-0.2, 0) is 11.2 Å². The van der Waals surface area contributed by atoms with Gasteiger partial charge in [-0.15, -0.1) is 0 Å². The molecular formula is C14H12N2O2. The summed E-state index contributed by atoms with van der Waals surface area (Å²) in [6.45, 7) is 2.04. The number of aliphatic carboxylic acids is 1. The molecule has 3 rings (SSSR count). The van der Waals surface area contributed by atoms with Crippen LogP contribution in [0.3, 0.4) is 0 Å². The van der Waals surface area contributed by atoms with E-state index in [1.807, 2.05) is 37.3 Å². The third kappa shape index (κ3) is 1.46. The van der Waals surface area contributed by atoms with Gasteiger partial charge in [0, 0.05) is 11.1 Å². The first kappa shape index (κ1) is 10.8. The number of carbonyl (C=O) groups is 1. The summed E-state index contributed by atoms with van der Waals surface area (Å²) in [5.74, 6) is -1.06. The topological polar surface area (TPSA) is 61.7 Å². The van der Waals surface area contributed by atoms with E-state index in [0.29, 0.717) is 0 Å². The van der Waals surface area contributed by atoms with Crippen LogP contribution in [0.25, 0.3) is 10.8 Å². The lowest BCUT2D eigenvalue weighted by Crippen LogP contribution is -2.24. The van der Waals surface area contributed by atoms with Crippen LogP contribution in [0, 0.1) is 0 Å². The van der Waals surface area contributed by atoms with Crippen LogP contribution in [0.5, 0.6) is 0 Å². The number of aliphatic imine (C=N–C) groups is 1. The van der Waals surface area contributed by atoms with Crippen LogP contribution < -0.4 is 5.32 Å². The van der Waals surface area contributed by atoms with Gasteiger partial charge in [-0.25, -0.2) is 9.79 Å². The van der Waals surface area contributed by atoms with Crippen LogP contribution in [0.1, 0.15) is 12.5 Å². The summed E-state index contributed by atoms with van der Waals surface area (Å²) >= 11 is 0. The quantitative estimate of drug-likeness (QED) is 0.848. The number of benzene rings is 2. The van der Waals surface area contributed by atoms with E-state index in [1.165, 1.54) is 0 Å². The summed E-state index contributed by atoms with van der Waals surface area (Å²) in [4.78, 5) is 15.3. The number of hydrogen-bond acceptors (Lipinski definition) is 3. The highest BCUT2D eigenvalue weighted by Crippen LogP contribution is 2.38. The fraction of sp³-hybridized carbons (Fsp3) is 0.143. The third-order valence-corrected chi connectivity index (χ3v) is 3.16. The van der Waals surface area contributed by atoms with E-state index >= 15 is 0 Å². The molecule has 0 amide bonds. The monoisotopic (exact) mass is 240 g/mol. The van der Waals surface area contributed by atoms with E-state index in [2.05, 4.69) is 10.3 Å². The lowest BCUT2D eigenvalue weighted by molar-refractivity contribution is -0.129. The first-order valence-corrected chi connectivity index (χ1v) is 5.84. The maximum Gasteiger partial charge on any atom is 0.371 e. The van der Waals surface area contributed by atoms with Gasteiger partial charge in [0.15, 0.2) is 0 Å². The molecule has 0 unspecified atom stereocenters. The second-order valence-electron chi connectivity index (χ2n) is 4.22. The molecule has 2 N–H and O–H groups in total. The number of aryl methyl sites for hydroxylation is 1. The minimum absolute atomic E-state index is 0.0177. The second-order valence-corrected chi connectivity index (χ2v) is 4.22. The van der Waals surface area contributed by atoms with Crippen LogP contribution in [-0.4, -0.2) is 16.9 Å². The van der Waals surface area contributed by atoms with Crippen molar-refractivity contribution >= 4 is 34.0 Å². The maximum absolute atomic E-state index is 11.1. The first-order chi connectivity index (χ1) is 8.70. The van der Waals surface area contributed by atoms with Crippen molar-refractivity contribution in [3.05, 3.63) is 35.9 Å². The molecule has 1 aliphatic heterocycles. The molecule has 18 heavy (non-hydrogen) atoms. The van der Waals surface area contributed by atoms with Crippen molar-refractivity contribution in [3.63, 3.8) is 0 Å². The smallest absolute Gasteiger partial charge is 0.371 e. The zero-order chi connectivity index (χ0) is 12.7. The molecule has 0 spiro atoms. The van der Waals surface area contributed by atoms with Gasteiger partial charge in [0.1, 0.15) is 0 Å². The Morgan fingerprint density at radius 2 is 2.17 bits per heavy atom. The molecule has 0 aliphatic carbocycles. The molecular weight excluding hydrogens is 228 g/mol. The first-order valence-electron chi connectivity index (χ1n) is 5.84. The number of nitrogens with zero attached hydrogens (tertiary/aromatic N) is 1. The van der Waals surface area contributed by atoms with Gasteiger partial charge in [0.2, 0.25) is 5.84 Å². The zero-order valence-electron chi connectivity index (χ0n) is 9.90. The molecule has 4 nitrogen and oxygen atoms in total. The normalized spacial score (nSPS) is 13.1. The fourth-order valence-corrected chi connectivity index (χ4v) is 2.29. The highest BCUT2D eigenvalue weighted by molar-refractivity contribution is 6.42. The van der Waals surface area contributed by atoms with E-state index < -0.39 is 5.97 Å². The van der Waals surface area contributed by atoms with Gasteiger partial charge in [0.25, 0.3) is 0 Å². The molecule has 0 atom stereocenters. The molecule has 2 aromatic carbocycles. The fourth-order valence-electron chi connectivity index (χ4n) is 2.29. The average molecular weight is 240 g/mol. The Kier molecular flexibility index (Phi) is 2.30. The van der Waals surface area contributed by atoms with Gasteiger partial charge in [-0.05, 0) is 23.4 Å². The number of carboxylic acid groups (broad SMARTS) is 1. The summed E-state index contributed by atoms with van der Waals surface area (Å²) in [6.07, 6.45) is 0.829. The van der Waals surface area contributed by atoms with E-state index in [0.717, 1.165) is 34.1 Å². The van der Waals surface area contributed by atoms with Gasteiger partial charge < -0.3 is 10.4 Å². The van der Waals surface area contributed by atoms with Crippen molar-refractivity contribution in [2.45, 2.75) is 13.3 Å². The van der Waals surface area contributed by atoms with Gasteiger partial charge in [0.05, 0.1) is 5.69 Å². The van der Waals surface area contributed by atoms with Gasteiger partial charge in [-0.2, -0.15) is 0 Å². The Morgan fingerprint density at radius 1 is 1.33 bits per heavy atom. The number of carboxylic acids is 1. The molecule has 4 heteroatoms. The summed E-state index contributed by atoms with van der Waals surface area (Å²) in [5, 5.41) is 14.0. The molecule has 0 saturated heterocycles. The van der Waals surface area contributed by atoms with Crippen LogP contribution in [0.15, 0.2) is 35.3 Å². The minimum atomic E-state index is -1.04. The SMILES string of the molecule is CCc1ccc2cccc3c2c1N=C(C(=O)O)N3. The van der Waals surface area contributed by atoms with Gasteiger partial charge >= 0.3 is 5.97 Å². The molecule has 90 valence electrons. The van der Waals surface area contributed by atoms with E-state index in [9.17, 15) is 4.79 Å². The summed E-state index contributed by atoms with van der Waals surface area (Å²) in [6, 6.07) is 9.85. The van der Waals surface area contributed by atoms with Crippen molar-refractivity contribution in [2.24, 2.45) is 4.99 Å². The number of nitrogens with one attached hydrogen (secondary N) is 1. The molecule has 0 fully saturated rings. The number of hydrogen-bond donors (Lipinski definition) is 2. The van der Waals surface area contributed by atoms with Crippen LogP contribution in [0.4, 0.5) is 11.4 Å². The lowest BCUT2D eigenvalue weighted by Gasteiger charge is -2.18. The van der Waals surface area contributed by atoms with Gasteiger partial charge in [-0.3, -0.25) is 0 Å². The van der Waals surface area contributed by atoms with Crippen LogP contribution in [0.2, 0.25) is 0 Å². The Balaban J connectivity index is 2.39. The molecule has 2 aromatic rings. The molecule has 0 radical (unpaired) electrons. The highest BCUT2D eigenvalue weighted by atomic mass is 16.4. The van der Waals surface area contributed by atoms with Crippen molar-refractivity contribution in [2.75, 3.05) is 5.32 Å². The molecule has 1 heterocycles. The predicted octanol–water partition coefficient (Wildman–Crippen LogP) is 2.94. The molecule has 0 saturated carbocycles. The van der Waals surface area contributed by atoms with Crippen molar-refractivity contribution in [1.82, 2.24) is 0 Å². The summed E-state index contributed by atoms with van der Waals surface area (Å²) in [5.41, 5.74) is 2.65. The average Bonchev–Trinajstić information content (AvgIpc) is 2.39. The minimum Gasteiger partial charge on any atom is -0.475 e. The number of rotatable bonds is 2. The number of amidine groups is 1. The number of anilines is 1. The predicted molar refractivity (Wildman–Crippen MR) is 71.7 cm³/mol. The maximum atomic E-state index is 11.1. The lowest BCUT2D eigenvalue weighted by atomic mass is 10.00. The van der Waals surface area contributed by atoms with E-state index in [-0.39, 0.29) is 5.84 Å². The van der Waals surface area contributed by atoms with Crippen LogP contribution >= 0.6 is 0 Å². The Morgan fingerprint density at radius 3 is 2.89 bits per heavy atom. The van der Waals surface area contributed by atoms with Crippen molar-refractivity contribution in [1.29, 1.82) is 0 Å². The van der Waals surface area contributed by atoms with Crippen molar-refractivity contribution in [3.8, 4) is 0 Å². The molecule has 0 aromatic heterocycles. The summed E-state index contributed by atoms with van der Waals surface area (Å²) in [7, 11) is 0. The van der Waals surface area contributed by atoms with Crippen molar-refractivity contribution < 1.29 is 9.90 Å². The summed E-state index contributed by atoms with van der Waals surface area (Å²) < 4.78 is 0. The Labute approximate surface area is 104 Å². The van der Waals surface area contributed by atoms with E-state index in [4.69, 9.17) is 5.11 Å². The van der Waals surface area contributed by atoms with E-state index in [1.54, 1.807) is 0 Å². The standard InChI is InChI=1S/C14H12N2O2/c1-2-8-6-7-9-4-3-5-10-11(9)12(8)16-13(15-10)14(17)18/h3-7H,2H2,1H3,(H,15,16)(H,17,18). The highest BCUT2D eigenvalue weighted by Gasteiger charge is 2.20. The Bertz CT molecular complexity index is 689. The third-order valence-electron chi connectivity index (χ3n) is 3.16. The van der Waals surface area contributed by atoms with Gasteiger partial charge in [-0.1, -0.05) is 31.2 Å². The Hall–Kier alpha value is -2.36. The second kappa shape index (κ2) is 3.84.